The van der Waals surface area contributed by atoms with Crippen molar-refractivity contribution in [2.75, 3.05) is 33.9 Å². The average molecular weight is 399 g/mol. The van der Waals surface area contributed by atoms with E-state index in [0.29, 0.717) is 37.1 Å². The van der Waals surface area contributed by atoms with E-state index in [9.17, 15) is 4.79 Å². The second-order valence-electron chi connectivity index (χ2n) is 6.32. The fraction of sp³-hybridized carbons (Fsp3) is 0.364. The molecule has 1 amide bonds. The number of rotatable bonds is 10. The minimum absolute atomic E-state index is 0.0716. The molecule has 0 heterocycles. The third-order valence-corrected chi connectivity index (χ3v) is 4.21. The van der Waals surface area contributed by atoms with Crippen molar-refractivity contribution in [3.8, 4) is 11.5 Å². The largest absolute Gasteiger partial charge is 0.493 e. The van der Waals surface area contributed by atoms with Crippen molar-refractivity contribution in [3.63, 3.8) is 0 Å². The molecule has 0 fully saturated rings. The van der Waals surface area contributed by atoms with E-state index in [4.69, 9.17) is 9.47 Å². The van der Waals surface area contributed by atoms with Gasteiger partial charge in [0.1, 0.15) is 0 Å². The quantitative estimate of drug-likeness (QED) is 0.422. The van der Waals surface area contributed by atoms with Gasteiger partial charge in [-0.2, -0.15) is 0 Å². The SMILES string of the molecule is CCNC(=NCc1ccc(OC)c(OC)c1)NCC(=O)NCCc1ccccc1. The van der Waals surface area contributed by atoms with Gasteiger partial charge in [-0.3, -0.25) is 4.79 Å². The van der Waals surface area contributed by atoms with Gasteiger partial charge in [0.15, 0.2) is 17.5 Å². The maximum absolute atomic E-state index is 12.1. The molecule has 7 heteroatoms. The van der Waals surface area contributed by atoms with Gasteiger partial charge in [0.25, 0.3) is 0 Å². The molecule has 2 rings (SSSR count). The summed E-state index contributed by atoms with van der Waals surface area (Å²) in [5.74, 6) is 1.85. The number of hydrogen-bond acceptors (Lipinski definition) is 4. The van der Waals surface area contributed by atoms with Crippen LogP contribution in [0.4, 0.5) is 0 Å². The predicted octanol–water partition coefficient (Wildman–Crippen LogP) is 2.12. The number of methoxy groups -OCH3 is 2. The Hall–Kier alpha value is -3.22. The number of carbonyl (C=O) groups is 1. The van der Waals surface area contributed by atoms with E-state index in [2.05, 4.69) is 33.1 Å². The number of hydrogen-bond donors (Lipinski definition) is 3. The lowest BCUT2D eigenvalue weighted by Crippen LogP contribution is -2.43. The van der Waals surface area contributed by atoms with E-state index in [-0.39, 0.29) is 12.5 Å². The van der Waals surface area contributed by atoms with Crippen molar-refractivity contribution < 1.29 is 14.3 Å². The molecule has 0 aliphatic carbocycles. The molecule has 0 spiro atoms. The number of amides is 1. The molecule has 3 N–H and O–H groups in total. The molecule has 0 saturated heterocycles. The molecule has 0 aliphatic heterocycles. The molecule has 7 nitrogen and oxygen atoms in total. The summed E-state index contributed by atoms with van der Waals surface area (Å²) in [5.41, 5.74) is 2.18. The Morgan fingerprint density at radius 3 is 2.38 bits per heavy atom. The van der Waals surface area contributed by atoms with E-state index < -0.39 is 0 Å². The Balaban J connectivity index is 1.83. The third-order valence-electron chi connectivity index (χ3n) is 4.21. The fourth-order valence-corrected chi connectivity index (χ4v) is 2.71. The first kappa shape index (κ1) is 22.1. The molecule has 0 aromatic heterocycles. The highest BCUT2D eigenvalue weighted by molar-refractivity contribution is 5.86. The normalized spacial score (nSPS) is 10.9. The molecule has 2 aromatic rings. The maximum atomic E-state index is 12.1. The summed E-state index contributed by atoms with van der Waals surface area (Å²) in [6.07, 6.45) is 0.806. The van der Waals surface area contributed by atoms with Crippen molar-refractivity contribution in [3.05, 3.63) is 59.7 Å². The lowest BCUT2D eigenvalue weighted by molar-refractivity contribution is -0.119. The van der Waals surface area contributed by atoms with Gasteiger partial charge in [-0.25, -0.2) is 4.99 Å². The number of guanidine groups is 1. The minimum Gasteiger partial charge on any atom is -0.493 e. The minimum atomic E-state index is -0.0716. The van der Waals surface area contributed by atoms with E-state index in [1.54, 1.807) is 14.2 Å². The van der Waals surface area contributed by atoms with E-state index in [1.807, 2.05) is 43.3 Å². The van der Waals surface area contributed by atoms with Gasteiger partial charge in [0.2, 0.25) is 5.91 Å². The van der Waals surface area contributed by atoms with Crippen LogP contribution in [-0.4, -0.2) is 45.7 Å². The van der Waals surface area contributed by atoms with Gasteiger partial charge in [-0.15, -0.1) is 0 Å². The number of nitrogens with zero attached hydrogens (tertiary/aromatic N) is 1. The van der Waals surface area contributed by atoms with Crippen molar-refractivity contribution in [1.82, 2.24) is 16.0 Å². The molecule has 156 valence electrons. The zero-order valence-corrected chi connectivity index (χ0v) is 17.3. The molecule has 29 heavy (non-hydrogen) atoms. The van der Waals surface area contributed by atoms with E-state index in [0.717, 1.165) is 12.0 Å². The van der Waals surface area contributed by atoms with E-state index in [1.165, 1.54) is 5.56 Å². The molecular formula is C22H30N4O3. The van der Waals surface area contributed by atoms with Crippen LogP contribution in [-0.2, 0) is 17.8 Å². The summed E-state index contributed by atoms with van der Waals surface area (Å²) in [4.78, 5) is 16.6. The zero-order chi connectivity index (χ0) is 20.9. The molecule has 0 saturated carbocycles. The van der Waals surface area contributed by atoms with Gasteiger partial charge in [0.05, 0.1) is 27.3 Å². The van der Waals surface area contributed by atoms with Gasteiger partial charge < -0.3 is 25.4 Å². The first-order chi connectivity index (χ1) is 14.2. The maximum Gasteiger partial charge on any atom is 0.239 e. The summed E-state index contributed by atoms with van der Waals surface area (Å²) in [6, 6.07) is 15.8. The Morgan fingerprint density at radius 1 is 0.931 bits per heavy atom. The Bertz CT molecular complexity index is 794. The van der Waals surface area contributed by atoms with Gasteiger partial charge in [-0.05, 0) is 36.6 Å². The van der Waals surface area contributed by atoms with Crippen LogP contribution in [0.15, 0.2) is 53.5 Å². The van der Waals surface area contributed by atoms with E-state index >= 15 is 0 Å². The predicted molar refractivity (Wildman–Crippen MR) is 116 cm³/mol. The number of aliphatic imine (C=N–C) groups is 1. The number of ether oxygens (including phenoxy) is 2. The summed E-state index contributed by atoms with van der Waals surface area (Å²) in [7, 11) is 3.21. The summed E-state index contributed by atoms with van der Waals surface area (Å²) < 4.78 is 10.6. The highest BCUT2D eigenvalue weighted by Crippen LogP contribution is 2.27. The number of benzene rings is 2. The Kier molecular flexibility index (Phi) is 9.35. The molecule has 2 aromatic carbocycles. The smallest absolute Gasteiger partial charge is 0.239 e. The van der Waals surface area contributed by atoms with Crippen molar-refractivity contribution >= 4 is 11.9 Å². The lowest BCUT2D eigenvalue weighted by atomic mass is 10.1. The van der Waals surface area contributed by atoms with Crippen LogP contribution in [0, 0.1) is 0 Å². The molecule has 0 bridgehead atoms. The molecule has 0 atom stereocenters. The Morgan fingerprint density at radius 2 is 1.69 bits per heavy atom. The van der Waals surface area contributed by atoms with Gasteiger partial charge in [0, 0.05) is 13.1 Å². The highest BCUT2D eigenvalue weighted by atomic mass is 16.5. The average Bonchev–Trinajstić information content (AvgIpc) is 2.76. The molecule has 0 aliphatic rings. The summed E-state index contributed by atoms with van der Waals surface area (Å²) >= 11 is 0. The fourth-order valence-electron chi connectivity index (χ4n) is 2.71. The highest BCUT2D eigenvalue weighted by Gasteiger charge is 2.06. The monoisotopic (exact) mass is 398 g/mol. The number of carbonyl (C=O) groups excluding carboxylic acids is 1. The molecule has 0 radical (unpaired) electrons. The topological polar surface area (TPSA) is 84.0 Å². The first-order valence-electron chi connectivity index (χ1n) is 9.70. The summed E-state index contributed by atoms with van der Waals surface area (Å²) in [5, 5.41) is 9.12. The second kappa shape index (κ2) is 12.3. The van der Waals surface area contributed by atoms with Crippen LogP contribution >= 0.6 is 0 Å². The van der Waals surface area contributed by atoms with Crippen LogP contribution in [0.1, 0.15) is 18.1 Å². The molecular weight excluding hydrogens is 368 g/mol. The Labute approximate surface area is 172 Å². The van der Waals surface area contributed by atoms with Gasteiger partial charge >= 0.3 is 0 Å². The van der Waals surface area contributed by atoms with Crippen molar-refractivity contribution in [2.45, 2.75) is 19.9 Å². The van der Waals surface area contributed by atoms with Gasteiger partial charge in [-0.1, -0.05) is 36.4 Å². The second-order valence-corrected chi connectivity index (χ2v) is 6.32. The standard InChI is InChI=1S/C22H30N4O3/c1-4-23-22(25-15-18-10-11-19(28-2)20(14-18)29-3)26-16-21(27)24-13-12-17-8-6-5-7-9-17/h5-11,14H,4,12-13,15-16H2,1-3H3,(H,24,27)(H2,23,25,26). The summed E-state index contributed by atoms with van der Waals surface area (Å²) in [6.45, 7) is 3.89. The van der Waals surface area contributed by atoms with Crippen molar-refractivity contribution in [1.29, 1.82) is 0 Å². The van der Waals surface area contributed by atoms with Crippen LogP contribution in [0.3, 0.4) is 0 Å². The van der Waals surface area contributed by atoms with Crippen molar-refractivity contribution in [2.24, 2.45) is 4.99 Å². The molecule has 0 unspecified atom stereocenters. The van der Waals surface area contributed by atoms with Crippen LogP contribution in [0.5, 0.6) is 11.5 Å². The number of nitrogens with one attached hydrogen (secondary N) is 3. The van der Waals surface area contributed by atoms with Crippen LogP contribution in [0.25, 0.3) is 0 Å². The lowest BCUT2D eigenvalue weighted by Gasteiger charge is -2.12. The first-order valence-corrected chi connectivity index (χ1v) is 9.70. The van der Waals surface area contributed by atoms with Crippen LogP contribution in [0.2, 0.25) is 0 Å². The zero-order valence-electron chi connectivity index (χ0n) is 17.3. The van der Waals surface area contributed by atoms with Crippen LogP contribution < -0.4 is 25.4 Å². The third kappa shape index (κ3) is 7.73.